The molecule has 10 heteroatoms. The fourth-order valence-electron chi connectivity index (χ4n) is 20.9. The molecule has 0 saturated heterocycles. The van der Waals surface area contributed by atoms with E-state index in [9.17, 15) is 0 Å². The predicted molar refractivity (Wildman–Crippen MR) is 525 cm³/mol. The Hall–Kier alpha value is -16.3. The molecule has 0 saturated carbocycles. The zero-order chi connectivity index (χ0) is 83.1. The van der Waals surface area contributed by atoms with Crippen LogP contribution in [0.2, 0.25) is 0 Å². The van der Waals surface area contributed by atoms with Crippen molar-refractivity contribution in [3.63, 3.8) is 0 Å². The summed E-state index contributed by atoms with van der Waals surface area (Å²) in [5.41, 5.74) is 33.9. The first-order valence-corrected chi connectivity index (χ1v) is 43.4. The van der Waals surface area contributed by atoms with Crippen LogP contribution in [0.15, 0.2) is 415 Å². The van der Waals surface area contributed by atoms with Crippen molar-refractivity contribution in [2.75, 3.05) is 9.80 Å². The summed E-state index contributed by atoms with van der Waals surface area (Å²) in [6, 6.07) is 150. The number of benzene rings is 17. The SMILES string of the molecule is CC(C)(C)c1cc2c3c(c1)N(c1c(-c4ccccc4)cccc1-c1ccccc1)c1ccc(-c4cc(-n5c6ccccc6c6ccccc65)cc(-n5c6ccccc6c6cc7oc8ccccc8c7cc65)n4)cc1B3c1cc(-c3cccc(-n4c5ccccc5c5cc6oc7ccccc7c6cc54)n3)ccc1N2c1c(-c2ccccc2)cccc1-c1ccccc1. The molecule has 0 N–H and O–H groups in total. The van der Waals surface area contributed by atoms with Gasteiger partial charge in [0.25, 0.3) is 6.71 Å². The summed E-state index contributed by atoms with van der Waals surface area (Å²) in [6.07, 6.45) is 0. The van der Waals surface area contributed by atoms with Gasteiger partial charge in [0.2, 0.25) is 0 Å². The second-order valence-electron chi connectivity index (χ2n) is 34.6. The molecule has 0 radical (unpaired) electrons. The van der Waals surface area contributed by atoms with Crippen LogP contribution in [0.3, 0.4) is 0 Å². The molecule has 126 heavy (non-hydrogen) atoms. The minimum absolute atomic E-state index is 0.361. The average molecular weight is 1610 g/mol. The number of aromatic nitrogens is 5. The first kappa shape index (κ1) is 71.4. The van der Waals surface area contributed by atoms with E-state index >= 15 is 0 Å². The van der Waals surface area contributed by atoms with Crippen molar-refractivity contribution in [1.29, 1.82) is 0 Å². The van der Waals surface area contributed by atoms with Gasteiger partial charge in [0.05, 0.1) is 61.6 Å². The van der Waals surface area contributed by atoms with E-state index in [2.05, 4.69) is 439 Å². The summed E-state index contributed by atoms with van der Waals surface area (Å²) in [5.74, 6) is 1.59. The molecule has 0 spiro atoms. The summed E-state index contributed by atoms with van der Waals surface area (Å²) < 4.78 is 20.5. The lowest BCUT2D eigenvalue weighted by atomic mass is 9.33. The third-order valence-electron chi connectivity index (χ3n) is 26.6. The Kier molecular flexibility index (Phi) is 15.7. The second-order valence-corrected chi connectivity index (χ2v) is 34.6. The molecule has 7 aromatic heterocycles. The minimum atomic E-state index is -0.424. The molecule has 0 aliphatic carbocycles. The van der Waals surface area contributed by atoms with Crippen molar-refractivity contribution in [2.45, 2.75) is 26.2 Å². The van der Waals surface area contributed by atoms with Gasteiger partial charge in [-0.15, -0.1) is 0 Å². The van der Waals surface area contributed by atoms with Gasteiger partial charge in [-0.3, -0.25) is 9.13 Å². The summed E-state index contributed by atoms with van der Waals surface area (Å²) in [4.78, 5) is 17.4. The van der Waals surface area contributed by atoms with E-state index < -0.39 is 6.71 Å². The van der Waals surface area contributed by atoms with E-state index in [4.69, 9.17) is 18.8 Å². The average Bonchev–Trinajstić information content (AvgIpc) is 1.18. The van der Waals surface area contributed by atoms with Crippen LogP contribution in [-0.2, 0) is 5.41 Å². The third-order valence-corrected chi connectivity index (χ3v) is 26.6. The molecule has 0 fully saturated rings. The Morgan fingerprint density at radius 2 is 0.619 bits per heavy atom. The largest absolute Gasteiger partial charge is 0.456 e. The predicted octanol–water partition coefficient (Wildman–Crippen LogP) is 28.9. The number of anilines is 6. The van der Waals surface area contributed by atoms with Crippen molar-refractivity contribution in [2.24, 2.45) is 0 Å². The highest BCUT2D eigenvalue weighted by atomic mass is 16.3. The van der Waals surface area contributed by atoms with Crippen LogP contribution < -0.4 is 26.2 Å². The lowest BCUT2D eigenvalue weighted by Crippen LogP contribution is -2.61. The molecule has 0 amide bonds. The van der Waals surface area contributed by atoms with Crippen LogP contribution in [-0.4, -0.2) is 30.4 Å². The highest BCUT2D eigenvalue weighted by Crippen LogP contribution is 2.55. The van der Waals surface area contributed by atoms with Crippen LogP contribution in [0.1, 0.15) is 26.3 Å². The van der Waals surface area contributed by atoms with Gasteiger partial charge in [0.15, 0.2) is 0 Å². The molecule has 2 aliphatic rings. The monoisotopic (exact) mass is 1610 g/mol. The number of para-hydroxylation sites is 8. The number of rotatable bonds is 11. The molecular weight excluding hydrogens is 1530 g/mol. The molecule has 9 nitrogen and oxygen atoms in total. The first-order valence-electron chi connectivity index (χ1n) is 43.4. The van der Waals surface area contributed by atoms with Crippen molar-refractivity contribution in [3.05, 3.63) is 412 Å². The molecule has 26 rings (SSSR count). The minimum Gasteiger partial charge on any atom is -0.456 e. The van der Waals surface area contributed by atoms with Gasteiger partial charge < -0.3 is 23.2 Å². The highest BCUT2D eigenvalue weighted by Gasteiger charge is 2.47. The van der Waals surface area contributed by atoms with E-state index in [1.54, 1.807) is 0 Å². The summed E-state index contributed by atoms with van der Waals surface area (Å²) in [6.45, 7) is 6.69. The van der Waals surface area contributed by atoms with Gasteiger partial charge in [0.1, 0.15) is 34.0 Å². The van der Waals surface area contributed by atoms with Crippen molar-refractivity contribution in [1.82, 2.24) is 23.7 Å². The quantitative estimate of drug-likeness (QED) is 0.120. The summed E-state index contributed by atoms with van der Waals surface area (Å²) in [7, 11) is 0. The molecule has 0 unspecified atom stereocenters. The Morgan fingerprint density at radius 1 is 0.246 bits per heavy atom. The number of furan rings is 2. The molecule has 9 heterocycles. The van der Waals surface area contributed by atoms with Crippen molar-refractivity contribution in [3.8, 4) is 84.3 Å². The molecule has 2 aliphatic heterocycles. The molecule has 0 bridgehead atoms. The van der Waals surface area contributed by atoms with Crippen molar-refractivity contribution < 1.29 is 8.83 Å². The Morgan fingerprint density at radius 3 is 1.06 bits per heavy atom. The highest BCUT2D eigenvalue weighted by molar-refractivity contribution is 7.00. The Balaban J connectivity index is 0.787. The van der Waals surface area contributed by atoms with E-state index in [0.717, 1.165) is 228 Å². The first-order chi connectivity index (χ1) is 62.1. The lowest BCUT2D eigenvalue weighted by Gasteiger charge is -2.46. The number of pyridine rings is 2. The topological polar surface area (TPSA) is 73.3 Å². The van der Waals surface area contributed by atoms with Gasteiger partial charge in [-0.2, -0.15) is 0 Å². The Bertz CT molecular complexity index is 8480. The van der Waals surface area contributed by atoms with Crippen LogP contribution in [0.4, 0.5) is 34.1 Å². The maximum absolute atomic E-state index is 6.71. The Labute approximate surface area is 726 Å². The molecule has 17 aromatic carbocycles. The summed E-state index contributed by atoms with van der Waals surface area (Å²) >= 11 is 0. The van der Waals surface area contributed by atoms with Crippen LogP contribution in [0, 0.1) is 0 Å². The lowest BCUT2D eigenvalue weighted by molar-refractivity contribution is 0.590. The van der Waals surface area contributed by atoms with Gasteiger partial charge in [0, 0.05) is 105 Å². The van der Waals surface area contributed by atoms with Gasteiger partial charge in [-0.25, -0.2) is 9.97 Å². The van der Waals surface area contributed by atoms with E-state index in [0.29, 0.717) is 0 Å². The van der Waals surface area contributed by atoms with Crippen LogP contribution in [0.5, 0.6) is 0 Å². The zero-order valence-electron chi connectivity index (χ0n) is 69.2. The number of nitrogens with zero attached hydrogens (tertiary/aromatic N) is 7. The zero-order valence-corrected chi connectivity index (χ0v) is 69.2. The third kappa shape index (κ3) is 10.9. The fraction of sp³-hybridized carbons (Fsp3) is 0.0345. The van der Waals surface area contributed by atoms with Crippen LogP contribution >= 0.6 is 0 Å². The van der Waals surface area contributed by atoms with Crippen molar-refractivity contribution >= 4 is 167 Å². The smallest absolute Gasteiger partial charge is 0.252 e. The van der Waals surface area contributed by atoms with E-state index in [-0.39, 0.29) is 5.41 Å². The van der Waals surface area contributed by atoms with Gasteiger partial charge >= 0.3 is 0 Å². The van der Waals surface area contributed by atoms with Crippen LogP contribution in [0.25, 0.3) is 194 Å². The molecular formula is C116H76BN7O2. The van der Waals surface area contributed by atoms with Gasteiger partial charge in [-0.1, -0.05) is 318 Å². The van der Waals surface area contributed by atoms with Gasteiger partial charge in [-0.05, 0) is 164 Å². The maximum atomic E-state index is 6.71. The number of fused-ring (bicyclic) bond motifs is 19. The second kappa shape index (κ2) is 27.6. The normalized spacial score (nSPS) is 12.7. The number of hydrogen-bond donors (Lipinski definition) is 0. The molecule has 0 atom stereocenters. The standard InChI is InChI=1S/C116H76BN7O2/c1-116(2,3)77-63-105-113-106(64-77)124(115-81(73-35-12-6-13-36-73)47-29-48-82(115)74-37-14-7-15-38-74)102-60-58-76(96-65-78(120-97-50-22-16-39-83(97)84-40-17-23-51-98(84)120)66-112(119-96)122-100-53-25-19-42-86(100)90-70-110-92(68-104(90)122)88-44-21-27-55-108(88)126-110)62-94(102)117(113)93-61-75(57-59-101(93)123(105)114-79(71-31-8-4-9-32-71)45-28-46-80(114)72-33-10-5-11-34-72)95-49-30-56-111(118-95)121-99-52-24-18-41-85(99)89-69-109-91(67-103(89)121)87-43-20-26-54-107(87)125-109/h4-70H,1-3H3. The van der Waals surface area contributed by atoms with E-state index in [1.807, 2.05) is 12.1 Å². The summed E-state index contributed by atoms with van der Waals surface area (Å²) in [5, 5.41) is 11.0. The molecule has 24 aromatic rings. The fourth-order valence-corrected chi connectivity index (χ4v) is 20.9. The van der Waals surface area contributed by atoms with E-state index in [1.165, 1.54) is 21.8 Å². The number of hydrogen-bond acceptors (Lipinski definition) is 6. The maximum Gasteiger partial charge on any atom is 0.252 e. The molecule has 590 valence electrons.